The minimum absolute atomic E-state index is 0.544. The first-order chi connectivity index (χ1) is 8.02. The molecule has 2 rings (SSSR count). The number of hydrogen-bond donors (Lipinski definition) is 1. The summed E-state index contributed by atoms with van der Waals surface area (Å²) in [6.07, 6.45) is 1.59. The molecule has 2 atom stereocenters. The fraction of sp³-hybridized carbons (Fsp3) is 0.538. The Balaban J connectivity index is 2.11. The van der Waals surface area contributed by atoms with Crippen molar-refractivity contribution in [3.8, 4) is 5.75 Å². The van der Waals surface area contributed by atoms with E-state index in [-0.39, 0.29) is 0 Å². The van der Waals surface area contributed by atoms with Gasteiger partial charge in [0.25, 0.3) is 0 Å². The largest absolute Gasteiger partial charge is 0.496 e. The molecule has 1 aliphatic heterocycles. The van der Waals surface area contributed by atoms with Crippen LogP contribution in [0.1, 0.15) is 18.9 Å². The number of halogens is 1. The summed E-state index contributed by atoms with van der Waals surface area (Å²) in [6, 6.07) is 5.99. The van der Waals surface area contributed by atoms with Crippen molar-refractivity contribution < 1.29 is 9.84 Å². The van der Waals surface area contributed by atoms with Gasteiger partial charge in [-0.1, -0.05) is 13.0 Å². The normalized spacial score (nSPS) is 28.4. The number of rotatable bonds is 3. The average molecular weight is 317 g/mol. The van der Waals surface area contributed by atoms with E-state index in [1.807, 2.05) is 30.0 Å². The molecule has 0 aromatic heterocycles. The van der Waals surface area contributed by atoms with E-state index in [1.165, 1.54) is 0 Å². The van der Waals surface area contributed by atoms with Crippen molar-refractivity contribution in [3.05, 3.63) is 28.2 Å². The quantitative estimate of drug-likeness (QED) is 0.928. The maximum absolute atomic E-state index is 10.5. The van der Waals surface area contributed by atoms with E-state index in [2.05, 4.69) is 22.9 Å². The van der Waals surface area contributed by atoms with Crippen LogP contribution in [0.2, 0.25) is 0 Å². The zero-order valence-electron chi connectivity index (χ0n) is 10.1. The summed E-state index contributed by atoms with van der Waals surface area (Å²) in [5.74, 6) is 1.66. The fourth-order valence-corrected chi connectivity index (χ4v) is 4.10. The molecule has 1 saturated heterocycles. The van der Waals surface area contributed by atoms with Crippen LogP contribution in [0.4, 0.5) is 0 Å². The highest BCUT2D eigenvalue weighted by Crippen LogP contribution is 2.37. The van der Waals surface area contributed by atoms with Crippen LogP contribution in [0.5, 0.6) is 5.75 Å². The lowest BCUT2D eigenvalue weighted by Gasteiger charge is -2.22. The van der Waals surface area contributed by atoms with Gasteiger partial charge >= 0.3 is 0 Å². The van der Waals surface area contributed by atoms with E-state index < -0.39 is 5.60 Å². The Kier molecular flexibility index (Phi) is 4.06. The van der Waals surface area contributed by atoms with Crippen LogP contribution in [-0.4, -0.2) is 28.8 Å². The lowest BCUT2D eigenvalue weighted by molar-refractivity contribution is 0.0642. The van der Waals surface area contributed by atoms with Gasteiger partial charge in [0.1, 0.15) is 5.75 Å². The molecule has 0 aliphatic carbocycles. The third-order valence-electron chi connectivity index (χ3n) is 3.05. The van der Waals surface area contributed by atoms with Crippen LogP contribution in [0.25, 0.3) is 0 Å². The first kappa shape index (κ1) is 13.2. The maximum Gasteiger partial charge on any atom is 0.133 e. The Morgan fingerprint density at radius 3 is 2.88 bits per heavy atom. The van der Waals surface area contributed by atoms with Gasteiger partial charge in [0.15, 0.2) is 0 Å². The van der Waals surface area contributed by atoms with E-state index in [1.54, 1.807) is 7.11 Å². The molecule has 1 heterocycles. The molecule has 1 aromatic rings. The second-order valence-corrected chi connectivity index (χ2v) is 6.98. The smallest absolute Gasteiger partial charge is 0.133 e. The van der Waals surface area contributed by atoms with E-state index in [0.29, 0.717) is 11.7 Å². The Morgan fingerprint density at radius 2 is 2.35 bits per heavy atom. The van der Waals surface area contributed by atoms with Gasteiger partial charge in [0.05, 0.1) is 17.2 Å². The summed E-state index contributed by atoms with van der Waals surface area (Å²) in [6.45, 7) is 2.17. The summed E-state index contributed by atoms with van der Waals surface area (Å²) < 4.78 is 6.14. The Morgan fingerprint density at radius 1 is 1.59 bits per heavy atom. The molecule has 1 N–H and O–H groups in total. The van der Waals surface area contributed by atoms with Crippen LogP contribution in [-0.2, 0) is 6.42 Å². The van der Waals surface area contributed by atoms with Gasteiger partial charge in [-0.15, -0.1) is 0 Å². The summed E-state index contributed by atoms with van der Waals surface area (Å²) >= 11 is 5.32. The van der Waals surface area contributed by atoms with Crippen molar-refractivity contribution in [1.82, 2.24) is 0 Å². The van der Waals surface area contributed by atoms with Gasteiger partial charge in [0.2, 0.25) is 0 Å². The number of thioether (sulfide) groups is 1. The first-order valence-electron chi connectivity index (χ1n) is 5.69. The summed E-state index contributed by atoms with van der Waals surface area (Å²) in [5.41, 5.74) is 0.604. The Hall–Kier alpha value is -0.190. The molecule has 0 saturated carbocycles. The van der Waals surface area contributed by atoms with Crippen LogP contribution in [0, 0.1) is 0 Å². The molecule has 1 aliphatic rings. The number of benzene rings is 1. The van der Waals surface area contributed by atoms with Crippen molar-refractivity contribution in [2.24, 2.45) is 0 Å². The molecule has 2 unspecified atom stereocenters. The van der Waals surface area contributed by atoms with E-state index in [9.17, 15) is 5.11 Å². The summed E-state index contributed by atoms with van der Waals surface area (Å²) in [5, 5.41) is 11.0. The van der Waals surface area contributed by atoms with Gasteiger partial charge in [-0.05, 0) is 40.0 Å². The minimum Gasteiger partial charge on any atom is -0.496 e. The highest BCUT2D eigenvalue weighted by molar-refractivity contribution is 9.10. The van der Waals surface area contributed by atoms with E-state index >= 15 is 0 Å². The Bertz CT molecular complexity index is 410. The lowest BCUT2D eigenvalue weighted by atomic mass is 9.92. The Labute approximate surface area is 115 Å². The van der Waals surface area contributed by atoms with Crippen LogP contribution >= 0.6 is 27.7 Å². The van der Waals surface area contributed by atoms with Crippen molar-refractivity contribution in [1.29, 1.82) is 0 Å². The summed E-state index contributed by atoms with van der Waals surface area (Å²) in [7, 11) is 1.66. The van der Waals surface area contributed by atoms with Gasteiger partial charge in [-0.25, -0.2) is 0 Å². The zero-order valence-corrected chi connectivity index (χ0v) is 12.5. The molecule has 2 nitrogen and oxygen atoms in total. The fourth-order valence-electron chi connectivity index (χ4n) is 2.27. The minimum atomic E-state index is -0.544. The average Bonchev–Trinajstić information content (AvgIpc) is 2.58. The maximum atomic E-state index is 10.5. The van der Waals surface area contributed by atoms with E-state index in [0.717, 1.165) is 28.0 Å². The molecule has 0 spiro atoms. The molecule has 1 aromatic carbocycles. The van der Waals surface area contributed by atoms with Crippen LogP contribution < -0.4 is 4.74 Å². The lowest BCUT2D eigenvalue weighted by Crippen LogP contribution is -2.31. The molecular weight excluding hydrogens is 300 g/mol. The zero-order chi connectivity index (χ0) is 12.5. The molecule has 94 valence electrons. The van der Waals surface area contributed by atoms with Crippen LogP contribution in [0.15, 0.2) is 22.7 Å². The van der Waals surface area contributed by atoms with Crippen LogP contribution in [0.3, 0.4) is 0 Å². The second kappa shape index (κ2) is 5.21. The molecule has 0 bridgehead atoms. The predicted molar refractivity (Wildman–Crippen MR) is 75.9 cm³/mol. The standard InChI is InChI=1S/C13H17BrO2S/c1-9-6-13(15,8-17-9)7-10-3-4-12(16-2)11(14)5-10/h3-5,9,15H,6-8H2,1-2H3. The predicted octanol–water partition coefficient (Wildman–Crippen LogP) is 3.26. The third kappa shape index (κ3) is 3.18. The summed E-state index contributed by atoms with van der Waals surface area (Å²) in [4.78, 5) is 0. The van der Waals surface area contributed by atoms with Gasteiger partial charge in [-0.3, -0.25) is 0 Å². The topological polar surface area (TPSA) is 29.5 Å². The van der Waals surface area contributed by atoms with Gasteiger partial charge in [0, 0.05) is 17.4 Å². The molecular formula is C13H17BrO2S. The number of hydrogen-bond acceptors (Lipinski definition) is 3. The van der Waals surface area contributed by atoms with Crippen molar-refractivity contribution in [3.63, 3.8) is 0 Å². The first-order valence-corrected chi connectivity index (χ1v) is 7.53. The highest BCUT2D eigenvalue weighted by Gasteiger charge is 2.35. The second-order valence-electron chi connectivity index (χ2n) is 4.70. The number of aliphatic hydroxyl groups is 1. The number of ether oxygens (including phenoxy) is 1. The monoisotopic (exact) mass is 316 g/mol. The SMILES string of the molecule is COc1ccc(CC2(O)CSC(C)C2)cc1Br. The van der Waals surface area contributed by atoms with Crippen molar-refractivity contribution >= 4 is 27.7 Å². The highest BCUT2D eigenvalue weighted by atomic mass is 79.9. The molecule has 4 heteroatoms. The molecule has 0 amide bonds. The molecule has 1 fully saturated rings. The molecule has 17 heavy (non-hydrogen) atoms. The van der Waals surface area contributed by atoms with Gasteiger partial charge in [-0.2, -0.15) is 11.8 Å². The molecule has 0 radical (unpaired) electrons. The number of methoxy groups -OCH3 is 1. The van der Waals surface area contributed by atoms with Crippen molar-refractivity contribution in [2.45, 2.75) is 30.6 Å². The van der Waals surface area contributed by atoms with Gasteiger partial charge < -0.3 is 9.84 Å². The van der Waals surface area contributed by atoms with E-state index in [4.69, 9.17) is 4.74 Å². The van der Waals surface area contributed by atoms with Crippen molar-refractivity contribution in [2.75, 3.05) is 12.9 Å². The third-order valence-corrected chi connectivity index (χ3v) is 5.11.